The van der Waals surface area contributed by atoms with Crippen molar-refractivity contribution < 1.29 is 0 Å². The number of nitrogens with zero attached hydrogens (tertiary/aromatic N) is 2. The van der Waals surface area contributed by atoms with Crippen molar-refractivity contribution in [1.29, 1.82) is 5.26 Å². The SMILES string of the molecule is CCCn1c(C(C)C)ccc(CC#N)c1=O. The highest BCUT2D eigenvalue weighted by molar-refractivity contribution is 5.20. The third-order valence-corrected chi connectivity index (χ3v) is 2.60. The van der Waals surface area contributed by atoms with Crippen LogP contribution in [0.2, 0.25) is 0 Å². The molecule has 86 valence electrons. The fourth-order valence-electron chi connectivity index (χ4n) is 1.82. The Morgan fingerprint density at radius 3 is 2.62 bits per heavy atom. The van der Waals surface area contributed by atoms with Crippen LogP contribution in [0.3, 0.4) is 0 Å². The summed E-state index contributed by atoms with van der Waals surface area (Å²) in [5, 5.41) is 8.65. The fourth-order valence-corrected chi connectivity index (χ4v) is 1.82. The zero-order valence-electron chi connectivity index (χ0n) is 10.2. The molecule has 0 atom stereocenters. The van der Waals surface area contributed by atoms with Crippen LogP contribution in [-0.2, 0) is 13.0 Å². The van der Waals surface area contributed by atoms with Gasteiger partial charge in [-0.2, -0.15) is 5.26 Å². The molecule has 0 saturated carbocycles. The topological polar surface area (TPSA) is 45.8 Å². The van der Waals surface area contributed by atoms with E-state index >= 15 is 0 Å². The summed E-state index contributed by atoms with van der Waals surface area (Å²) in [7, 11) is 0. The van der Waals surface area contributed by atoms with Crippen LogP contribution in [0, 0.1) is 11.3 Å². The summed E-state index contributed by atoms with van der Waals surface area (Å²) in [4.78, 5) is 12.1. The summed E-state index contributed by atoms with van der Waals surface area (Å²) in [5.74, 6) is 0.329. The second kappa shape index (κ2) is 5.50. The number of hydrogen-bond donors (Lipinski definition) is 0. The Labute approximate surface area is 96.3 Å². The van der Waals surface area contributed by atoms with Crippen molar-refractivity contribution in [2.45, 2.75) is 46.1 Å². The van der Waals surface area contributed by atoms with Crippen LogP contribution in [0.25, 0.3) is 0 Å². The Morgan fingerprint density at radius 1 is 1.44 bits per heavy atom. The molecule has 0 bridgehead atoms. The Morgan fingerprint density at radius 2 is 2.12 bits per heavy atom. The highest BCUT2D eigenvalue weighted by Gasteiger charge is 2.10. The molecule has 16 heavy (non-hydrogen) atoms. The monoisotopic (exact) mass is 218 g/mol. The predicted molar refractivity (Wildman–Crippen MR) is 64.4 cm³/mol. The maximum Gasteiger partial charge on any atom is 0.255 e. The molecule has 0 aliphatic rings. The Bertz CT molecular complexity index is 452. The molecular formula is C13H18N2O. The average molecular weight is 218 g/mol. The summed E-state index contributed by atoms with van der Waals surface area (Å²) in [5.41, 5.74) is 1.64. The molecule has 0 radical (unpaired) electrons. The van der Waals surface area contributed by atoms with Gasteiger partial charge in [0.1, 0.15) is 0 Å². The summed E-state index contributed by atoms with van der Waals surface area (Å²) < 4.78 is 1.80. The maximum atomic E-state index is 12.1. The Balaban J connectivity index is 3.31. The van der Waals surface area contributed by atoms with Gasteiger partial charge in [0, 0.05) is 17.8 Å². The Kier molecular flexibility index (Phi) is 4.30. The van der Waals surface area contributed by atoms with Crippen molar-refractivity contribution >= 4 is 0 Å². The van der Waals surface area contributed by atoms with E-state index in [2.05, 4.69) is 13.8 Å². The normalized spacial score (nSPS) is 10.4. The number of rotatable bonds is 4. The first-order chi connectivity index (χ1) is 7.61. The summed E-state index contributed by atoms with van der Waals surface area (Å²) in [6, 6.07) is 5.78. The van der Waals surface area contributed by atoms with Gasteiger partial charge in [-0.15, -0.1) is 0 Å². The molecular weight excluding hydrogens is 200 g/mol. The van der Waals surface area contributed by atoms with Crippen molar-refractivity contribution in [3.05, 3.63) is 33.7 Å². The van der Waals surface area contributed by atoms with Crippen LogP contribution in [-0.4, -0.2) is 4.57 Å². The highest BCUT2D eigenvalue weighted by atomic mass is 16.1. The molecule has 0 fully saturated rings. The summed E-state index contributed by atoms with van der Waals surface area (Å²) >= 11 is 0. The minimum atomic E-state index is -0.00500. The standard InChI is InChI=1S/C13H18N2O/c1-4-9-15-12(10(2)3)6-5-11(7-8-14)13(15)16/h5-6,10H,4,7,9H2,1-3H3. The highest BCUT2D eigenvalue weighted by Crippen LogP contribution is 2.13. The third-order valence-electron chi connectivity index (χ3n) is 2.60. The van der Waals surface area contributed by atoms with Gasteiger partial charge in [-0.25, -0.2) is 0 Å². The van der Waals surface area contributed by atoms with Crippen LogP contribution in [0.4, 0.5) is 0 Å². The zero-order chi connectivity index (χ0) is 12.1. The van der Waals surface area contributed by atoms with Gasteiger partial charge in [-0.05, 0) is 18.4 Å². The second-order valence-corrected chi connectivity index (χ2v) is 4.23. The molecule has 0 aliphatic heterocycles. The lowest BCUT2D eigenvalue weighted by Gasteiger charge is -2.15. The number of nitriles is 1. The molecule has 1 heterocycles. The Hall–Kier alpha value is -1.56. The molecule has 1 aromatic rings. The minimum absolute atomic E-state index is 0.00500. The minimum Gasteiger partial charge on any atom is -0.312 e. The van der Waals surface area contributed by atoms with Gasteiger partial charge < -0.3 is 4.57 Å². The third kappa shape index (κ3) is 2.52. The van der Waals surface area contributed by atoms with Crippen LogP contribution in [0.5, 0.6) is 0 Å². The second-order valence-electron chi connectivity index (χ2n) is 4.23. The van der Waals surface area contributed by atoms with Crippen molar-refractivity contribution in [3.8, 4) is 6.07 Å². The first-order valence-electron chi connectivity index (χ1n) is 5.71. The van der Waals surface area contributed by atoms with E-state index in [1.165, 1.54) is 0 Å². The number of aromatic nitrogens is 1. The first kappa shape index (κ1) is 12.5. The quantitative estimate of drug-likeness (QED) is 0.779. The molecule has 3 heteroatoms. The van der Waals surface area contributed by atoms with Gasteiger partial charge in [0.15, 0.2) is 0 Å². The van der Waals surface area contributed by atoms with Crippen LogP contribution >= 0.6 is 0 Å². The molecule has 1 rings (SSSR count). The van der Waals surface area contributed by atoms with Gasteiger partial charge >= 0.3 is 0 Å². The molecule has 0 N–H and O–H groups in total. The molecule has 0 aromatic carbocycles. The predicted octanol–water partition coefficient (Wildman–Crippen LogP) is 2.45. The van der Waals surface area contributed by atoms with Gasteiger partial charge in [0.05, 0.1) is 12.5 Å². The average Bonchev–Trinajstić information content (AvgIpc) is 2.24. The van der Waals surface area contributed by atoms with Gasteiger partial charge in [0.25, 0.3) is 5.56 Å². The van der Waals surface area contributed by atoms with Crippen molar-refractivity contribution in [1.82, 2.24) is 4.57 Å². The fraction of sp³-hybridized carbons (Fsp3) is 0.538. The van der Waals surface area contributed by atoms with E-state index in [1.807, 2.05) is 19.1 Å². The van der Waals surface area contributed by atoms with Gasteiger partial charge in [-0.3, -0.25) is 4.79 Å². The number of pyridine rings is 1. The summed E-state index contributed by atoms with van der Waals surface area (Å²) in [6.07, 6.45) is 1.12. The summed E-state index contributed by atoms with van der Waals surface area (Å²) in [6.45, 7) is 6.93. The lowest BCUT2D eigenvalue weighted by molar-refractivity contribution is 0.592. The van der Waals surface area contributed by atoms with Crippen LogP contribution < -0.4 is 5.56 Å². The first-order valence-corrected chi connectivity index (χ1v) is 5.71. The van der Waals surface area contributed by atoms with Gasteiger partial charge in [-0.1, -0.05) is 26.8 Å². The maximum absolute atomic E-state index is 12.1. The van der Waals surface area contributed by atoms with E-state index in [0.717, 1.165) is 18.7 Å². The number of hydrogen-bond acceptors (Lipinski definition) is 2. The smallest absolute Gasteiger partial charge is 0.255 e. The van der Waals surface area contributed by atoms with E-state index in [4.69, 9.17) is 5.26 Å². The van der Waals surface area contributed by atoms with Gasteiger partial charge in [0.2, 0.25) is 0 Å². The molecule has 0 spiro atoms. The molecule has 3 nitrogen and oxygen atoms in total. The van der Waals surface area contributed by atoms with Crippen molar-refractivity contribution in [2.75, 3.05) is 0 Å². The largest absolute Gasteiger partial charge is 0.312 e. The van der Waals surface area contributed by atoms with E-state index in [9.17, 15) is 4.79 Å². The van der Waals surface area contributed by atoms with Crippen LogP contribution in [0.1, 0.15) is 44.4 Å². The molecule has 0 aliphatic carbocycles. The zero-order valence-corrected chi connectivity index (χ0v) is 10.2. The lowest BCUT2D eigenvalue weighted by Crippen LogP contribution is -2.27. The van der Waals surface area contributed by atoms with E-state index in [-0.39, 0.29) is 12.0 Å². The van der Waals surface area contributed by atoms with Crippen molar-refractivity contribution in [2.24, 2.45) is 0 Å². The van der Waals surface area contributed by atoms with E-state index in [0.29, 0.717) is 11.5 Å². The van der Waals surface area contributed by atoms with E-state index in [1.54, 1.807) is 10.6 Å². The van der Waals surface area contributed by atoms with Crippen LogP contribution in [0.15, 0.2) is 16.9 Å². The molecule has 0 amide bonds. The molecule has 0 unspecified atom stereocenters. The molecule has 0 saturated heterocycles. The van der Waals surface area contributed by atoms with E-state index < -0.39 is 0 Å². The van der Waals surface area contributed by atoms with Crippen molar-refractivity contribution in [3.63, 3.8) is 0 Å². The molecule has 1 aromatic heterocycles. The lowest BCUT2D eigenvalue weighted by atomic mass is 10.1.